The average Bonchev–Trinajstić information content (AvgIpc) is 3.09. The molecule has 114 valence electrons. The highest BCUT2D eigenvalue weighted by atomic mass is 32.1. The molecule has 3 rings (SSSR count). The van der Waals surface area contributed by atoms with Gasteiger partial charge < -0.3 is 15.2 Å². The minimum Gasteiger partial charge on any atom is -0.388 e. The number of thiophene rings is 1. The van der Waals surface area contributed by atoms with Crippen LogP contribution in [0.4, 0.5) is 0 Å². The van der Waals surface area contributed by atoms with Crippen LogP contribution in [-0.2, 0) is 18.3 Å². The van der Waals surface area contributed by atoms with Gasteiger partial charge in [0.25, 0.3) is 0 Å². The van der Waals surface area contributed by atoms with Crippen molar-refractivity contribution in [2.45, 2.75) is 25.0 Å². The predicted octanol–water partition coefficient (Wildman–Crippen LogP) is 1.78. The Balaban J connectivity index is 1.63. The molecule has 0 unspecified atom stereocenters. The van der Waals surface area contributed by atoms with E-state index in [4.69, 9.17) is 4.74 Å². The molecule has 0 aromatic carbocycles. The van der Waals surface area contributed by atoms with Crippen molar-refractivity contribution in [3.63, 3.8) is 0 Å². The lowest BCUT2D eigenvalue weighted by molar-refractivity contribution is -0.0616. The van der Waals surface area contributed by atoms with E-state index in [-0.39, 0.29) is 0 Å². The Morgan fingerprint density at radius 3 is 3.00 bits per heavy atom. The lowest BCUT2D eigenvalue weighted by atomic mass is 9.94. The van der Waals surface area contributed by atoms with Crippen LogP contribution in [-0.4, -0.2) is 40.2 Å². The Labute approximate surface area is 128 Å². The third kappa shape index (κ3) is 3.52. The van der Waals surface area contributed by atoms with Gasteiger partial charge in [0.2, 0.25) is 0 Å². The van der Waals surface area contributed by atoms with Crippen molar-refractivity contribution in [1.29, 1.82) is 0 Å². The van der Waals surface area contributed by atoms with Crippen molar-refractivity contribution >= 4 is 11.3 Å². The number of hydrogen-bond donors (Lipinski definition) is 2. The number of aliphatic hydroxyl groups is 1. The molecule has 0 radical (unpaired) electrons. The highest BCUT2D eigenvalue weighted by Gasteiger charge is 2.29. The Kier molecular flexibility index (Phi) is 4.40. The van der Waals surface area contributed by atoms with E-state index in [0.29, 0.717) is 39.1 Å². The van der Waals surface area contributed by atoms with E-state index in [2.05, 4.69) is 21.9 Å². The molecule has 3 heterocycles. The number of aryl methyl sites for hydroxylation is 1. The Bertz CT molecular complexity index is 574. The van der Waals surface area contributed by atoms with Gasteiger partial charge in [0.05, 0.1) is 10.5 Å². The number of nitrogens with zero attached hydrogens (tertiary/aromatic N) is 2. The fourth-order valence-electron chi connectivity index (χ4n) is 2.65. The first kappa shape index (κ1) is 14.7. The number of aromatic nitrogens is 2. The van der Waals surface area contributed by atoms with Crippen LogP contribution < -0.4 is 5.32 Å². The van der Waals surface area contributed by atoms with Crippen molar-refractivity contribution in [3.05, 3.63) is 29.3 Å². The number of hydrogen-bond acceptors (Lipinski definition) is 5. The fourth-order valence-corrected chi connectivity index (χ4v) is 3.39. The van der Waals surface area contributed by atoms with Gasteiger partial charge in [-0.05, 0) is 11.4 Å². The molecule has 5 nitrogen and oxygen atoms in total. The van der Waals surface area contributed by atoms with Gasteiger partial charge in [-0.15, -0.1) is 11.3 Å². The molecule has 1 fully saturated rings. The molecule has 0 atom stereocenters. The smallest absolute Gasteiger partial charge is 0.107 e. The standard InChI is InChI=1S/C15H21N3O2S/c1-18-10-12(14(17-18)13-3-2-8-21-13)9-16-11-15(19)4-6-20-7-5-15/h2-3,8,10,16,19H,4-7,9,11H2,1H3. The fraction of sp³-hybridized carbons (Fsp3) is 0.533. The second-order valence-corrected chi connectivity index (χ2v) is 6.54. The molecule has 1 saturated heterocycles. The van der Waals surface area contributed by atoms with Gasteiger partial charge in [-0.25, -0.2) is 0 Å². The van der Waals surface area contributed by atoms with Gasteiger partial charge in [-0.3, -0.25) is 4.68 Å². The zero-order valence-corrected chi connectivity index (χ0v) is 13.0. The summed E-state index contributed by atoms with van der Waals surface area (Å²) in [4.78, 5) is 1.18. The molecule has 1 aliphatic rings. The molecule has 2 aromatic rings. The van der Waals surface area contributed by atoms with Crippen molar-refractivity contribution in [3.8, 4) is 10.6 Å². The Morgan fingerprint density at radius 2 is 2.29 bits per heavy atom. The zero-order chi connectivity index (χ0) is 14.7. The molecule has 0 amide bonds. The van der Waals surface area contributed by atoms with Gasteiger partial charge in [0, 0.05) is 58.0 Å². The zero-order valence-electron chi connectivity index (χ0n) is 12.2. The van der Waals surface area contributed by atoms with Crippen LogP contribution in [0.15, 0.2) is 23.7 Å². The van der Waals surface area contributed by atoms with Gasteiger partial charge in [-0.1, -0.05) is 6.07 Å². The summed E-state index contributed by atoms with van der Waals surface area (Å²) < 4.78 is 7.14. The highest BCUT2D eigenvalue weighted by molar-refractivity contribution is 7.13. The summed E-state index contributed by atoms with van der Waals surface area (Å²) in [5.41, 5.74) is 1.55. The molecule has 0 aliphatic carbocycles. The van der Waals surface area contributed by atoms with Crippen LogP contribution in [0.5, 0.6) is 0 Å². The largest absolute Gasteiger partial charge is 0.388 e. The van der Waals surface area contributed by atoms with Crippen LogP contribution in [0.25, 0.3) is 10.6 Å². The maximum absolute atomic E-state index is 10.4. The second kappa shape index (κ2) is 6.27. The minimum absolute atomic E-state index is 0.592. The van der Waals surface area contributed by atoms with Gasteiger partial charge >= 0.3 is 0 Å². The van der Waals surface area contributed by atoms with Crippen molar-refractivity contribution in [2.24, 2.45) is 7.05 Å². The first-order valence-electron chi connectivity index (χ1n) is 7.24. The summed E-state index contributed by atoms with van der Waals surface area (Å²) >= 11 is 1.69. The topological polar surface area (TPSA) is 59.3 Å². The first-order chi connectivity index (χ1) is 10.2. The minimum atomic E-state index is -0.635. The normalized spacial score (nSPS) is 18.0. The number of rotatable bonds is 5. The molecule has 0 bridgehead atoms. The van der Waals surface area contributed by atoms with E-state index in [0.717, 1.165) is 11.3 Å². The molecule has 2 aromatic heterocycles. The highest BCUT2D eigenvalue weighted by Crippen LogP contribution is 2.26. The SMILES string of the molecule is Cn1cc(CNCC2(O)CCOCC2)c(-c2cccs2)n1. The van der Waals surface area contributed by atoms with E-state index >= 15 is 0 Å². The second-order valence-electron chi connectivity index (χ2n) is 5.59. The molecular formula is C15H21N3O2S. The monoisotopic (exact) mass is 307 g/mol. The molecule has 0 spiro atoms. The maximum atomic E-state index is 10.4. The quantitative estimate of drug-likeness (QED) is 0.884. The van der Waals surface area contributed by atoms with Gasteiger partial charge in [-0.2, -0.15) is 5.10 Å². The maximum Gasteiger partial charge on any atom is 0.107 e. The molecule has 6 heteroatoms. The van der Waals surface area contributed by atoms with Crippen molar-refractivity contribution in [1.82, 2.24) is 15.1 Å². The summed E-state index contributed by atoms with van der Waals surface area (Å²) in [7, 11) is 1.94. The van der Waals surface area contributed by atoms with Gasteiger partial charge in [0.1, 0.15) is 5.69 Å². The van der Waals surface area contributed by atoms with Crippen molar-refractivity contribution in [2.75, 3.05) is 19.8 Å². The van der Waals surface area contributed by atoms with Crippen LogP contribution in [0, 0.1) is 0 Å². The Hall–Kier alpha value is -1.21. The number of nitrogens with one attached hydrogen (secondary N) is 1. The van der Waals surface area contributed by atoms with Gasteiger partial charge in [0.15, 0.2) is 0 Å². The summed E-state index contributed by atoms with van der Waals surface area (Å²) in [5.74, 6) is 0. The van der Waals surface area contributed by atoms with Crippen LogP contribution in [0.1, 0.15) is 18.4 Å². The summed E-state index contributed by atoms with van der Waals surface area (Å²) in [5, 5.41) is 20.4. The molecular weight excluding hydrogens is 286 g/mol. The van der Waals surface area contributed by atoms with E-state index in [1.54, 1.807) is 11.3 Å². The average molecular weight is 307 g/mol. The van der Waals surface area contributed by atoms with E-state index in [1.807, 2.05) is 24.0 Å². The van der Waals surface area contributed by atoms with E-state index in [9.17, 15) is 5.11 Å². The lowest BCUT2D eigenvalue weighted by Crippen LogP contribution is -2.44. The summed E-state index contributed by atoms with van der Waals surface area (Å²) in [6.07, 6.45) is 3.44. The Morgan fingerprint density at radius 1 is 1.48 bits per heavy atom. The summed E-state index contributed by atoms with van der Waals surface area (Å²) in [6, 6.07) is 4.12. The van der Waals surface area contributed by atoms with Crippen molar-refractivity contribution < 1.29 is 9.84 Å². The predicted molar refractivity (Wildman–Crippen MR) is 83.2 cm³/mol. The molecule has 2 N–H and O–H groups in total. The third-order valence-electron chi connectivity index (χ3n) is 3.85. The van der Waals surface area contributed by atoms with E-state index < -0.39 is 5.60 Å². The number of ether oxygens (including phenoxy) is 1. The van der Waals surface area contributed by atoms with E-state index in [1.165, 1.54) is 4.88 Å². The lowest BCUT2D eigenvalue weighted by Gasteiger charge is -2.32. The van der Waals surface area contributed by atoms with Crippen LogP contribution in [0.2, 0.25) is 0 Å². The summed E-state index contributed by atoms with van der Waals surface area (Å²) in [6.45, 7) is 2.59. The third-order valence-corrected chi connectivity index (χ3v) is 4.73. The van der Waals surface area contributed by atoms with Crippen LogP contribution >= 0.6 is 11.3 Å². The van der Waals surface area contributed by atoms with Crippen LogP contribution in [0.3, 0.4) is 0 Å². The first-order valence-corrected chi connectivity index (χ1v) is 8.11. The molecule has 1 aliphatic heterocycles. The molecule has 21 heavy (non-hydrogen) atoms. The molecule has 0 saturated carbocycles.